The molecule has 9 heteroatoms. The normalized spacial score (nSPS) is 14.6. The molecule has 0 radical (unpaired) electrons. The number of nitrogens with zero attached hydrogens (tertiary/aromatic N) is 2. The van der Waals surface area contributed by atoms with Crippen LogP contribution in [0.4, 0.5) is 0 Å². The molecule has 1 aliphatic rings. The Morgan fingerprint density at radius 1 is 1.20 bits per heavy atom. The molecule has 0 saturated carbocycles. The van der Waals surface area contributed by atoms with Crippen molar-refractivity contribution >= 4 is 55.0 Å². The van der Waals surface area contributed by atoms with Crippen LogP contribution < -0.4 is 10.3 Å². The molecule has 0 atom stereocenters. The van der Waals surface area contributed by atoms with Gasteiger partial charge in [0.2, 0.25) is 0 Å². The molecule has 2 aromatic carbocycles. The second-order valence-corrected chi connectivity index (χ2v) is 11.8. The van der Waals surface area contributed by atoms with Crippen LogP contribution in [0.15, 0.2) is 63.0 Å². The van der Waals surface area contributed by atoms with Crippen LogP contribution in [0.1, 0.15) is 34.6 Å². The number of fused-ring (bicyclic) bond motifs is 3. The quantitative estimate of drug-likeness (QED) is 0.160. The summed E-state index contributed by atoms with van der Waals surface area (Å²) >= 11 is 6.16. The van der Waals surface area contributed by atoms with Crippen molar-refractivity contribution in [3.05, 3.63) is 79.4 Å². The molecule has 0 unspecified atom stereocenters. The molecule has 2 aromatic heterocycles. The van der Waals surface area contributed by atoms with E-state index in [2.05, 4.69) is 15.9 Å². The summed E-state index contributed by atoms with van der Waals surface area (Å²) in [6.07, 6.45) is 0.649. The zero-order valence-corrected chi connectivity index (χ0v) is 22.7. The molecule has 0 N–H and O–H groups in total. The van der Waals surface area contributed by atoms with Gasteiger partial charge in [-0.1, -0.05) is 39.8 Å². The molecule has 1 aliphatic heterocycles. The van der Waals surface area contributed by atoms with Crippen molar-refractivity contribution in [2.24, 2.45) is 0 Å². The lowest BCUT2D eigenvalue weighted by atomic mass is 9.94. The second-order valence-electron chi connectivity index (χ2n) is 8.86. The number of thiophene rings is 1. The maximum absolute atomic E-state index is 14.0. The van der Waals surface area contributed by atoms with Gasteiger partial charge in [-0.2, -0.15) is 0 Å². The van der Waals surface area contributed by atoms with Crippen LogP contribution in [0.5, 0.6) is 5.75 Å². The number of thioether (sulfide) groups is 1. The topological polar surface area (TPSA) is 70.4 Å². The number of carbonyl (C=O) groups is 1. The summed E-state index contributed by atoms with van der Waals surface area (Å²) in [6.45, 7) is 4.54. The molecule has 0 amide bonds. The van der Waals surface area contributed by atoms with Gasteiger partial charge in [0.15, 0.2) is 10.9 Å². The summed E-state index contributed by atoms with van der Waals surface area (Å²) in [6, 6.07) is 14.6. The number of halogens is 1. The van der Waals surface area contributed by atoms with E-state index >= 15 is 0 Å². The van der Waals surface area contributed by atoms with Crippen LogP contribution in [0, 0.1) is 0 Å². The Kier molecular flexibility index (Phi) is 6.61. The highest BCUT2D eigenvalue weighted by Gasteiger charge is 2.31. The average Bonchev–Trinajstić information content (AvgIpc) is 3.20. The van der Waals surface area contributed by atoms with Crippen molar-refractivity contribution in [3.8, 4) is 11.4 Å². The Morgan fingerprint density at radius 2 is 1.91 bits per heavy atom. The molecule has 0 spiro atoms. The number of hydrogen-bond donors (Lipinski definition) is 0. The number of Topliss-reactive ketones (excluding diaryl/α,β-unsaturated/α-hetero) is 1. The van der Waals surface area contributed by atoms with Gasteiger partial charge in [-0.05, 0) is 55.8 Å². The summed E-state index contributed by atoms with van der Waals surface area (Å²) in [5.41, 5.74) is 1.83. The van der Waals surface area contributed by atoms with Crippen molar-refractivity contribution in [1.29, 1.82) is 0 Å². The van der Waals surface area contributed by atoms with Gasteiger partial charge < -0.3 is 9.47 Å². The number of methoxy groups -OCH3 is 1. The van der Waals surface area contributed by atoms with E-state index < -0.39 is 0 Å². The van der Waals surface area contributed by atoms with Gasteiger partial charge in [-0.3, -0.25) is 14.2 Å². The highest BCUT2D eigenvalue weighted by molar-refractivity contribution is 9.10. The van der Waals surface area contributed by atoms with E-state index in [1.165, 1.54) is 23.1 Å². The fourth-order valence-electron chi connectivity index (χ4n) is 4.08. The lowest BCUT2D eigenvalue weighted by Gasteiger charge is -2.29. The van der Waals surface area contributed by atoms with Crippen LogP contribution in [-0.2, 0) is 17.8 Å². The minimum atomic E-state index is -0.344. The smallest absolute Gasteiger partial charge is 0.267 e. The van der Waals surface area contributed by atoms with Crippen molar-refractivity contribution in [3.63, 3.8) is 0 Å². The highest BCUT2D eigenvalue weighted by atomic mass is 79.9. The zero-order chi connectivity index (χ0) is 24.7. The van der Waals surface area contributed by atoms with Crippen molar-refractivity contribution in [2.45, 2.75) is 37.6 Å². The van der Waals surface area contributed by atoms with Gasteiger partial charge in [0.25, 0.3) is 5.56 Å². The van der Waals surface area contributed by atoms with E-state index in [0.717, 1.165) is 14.9 Å². The Labute approximate surface area is 219 Å². The molecule has 6 nitrogen and oxygen atoms in total. The lowest BCUT2D eigenvalue weighted by molar-refractivity contribution is -0.0379. The van der Waals surface area contributed by atoms with E-state index in [1.54, 1.807) is 23.8 Å². The van der Waals surface area contributed by atoms with Gasteiger partial charge in [0, 0.05) is 21.3 Å². The molecule has 180 valence electrons. The first-order valence-corrected chi connectivity index (χ1v) is 13.6. The Balaban J connectivity index is 1.60. The van der Waals surface area contributed by atoms with Gasteiger partial charge in [-0.25, -0.2) is 4.98 Å². The van der Waals surface area contributed by atoms with E-state index in [-0.39, 0.29) is 22.7 Å². The minimum absolute atomic E-state index is 0.0289. The molecule has 4 aromatic rings. The summed E-state index contributed by atoms with van der Waals surface area (Å²) in [4.78, 5) is 33.4. The number of carbonyl (C=O) groups excluding carboxylic acids is 1. The SMILES string of the molecule is COc1ccc(-n2c(SCC(=O)c3ccc(Br)cc3)nc3sc4c(c3c2=O)CC(C)(C)OC4)cc1. The fraction of sp³-hybridized carbons (Fsp3) is 0.269. The standard InChI is InChI=1S/C26H23BrN2O4S2/c1-26(2)12-19-21(13-33-26)35-23-22(19)24(31)29(17-8-10-18(32-3)11-9-17)25(28-23)34-14-20(30)15-4-6-16(27)7-5-15/h4-11H,12-14H2,1-3H3. The number of ether oxygens (including phenoxy) is 2. The predicted molar refractivity (Wildman–Crippen MR) is 144 cm³/mol. The number of ketones is 1. The largest absolute Gasteiger partial charge is 0.497 e. The molecule has 5 rings (SSSR count). The number of benzene rings is 2. The molecule has 3 heterocycles. The molecule has 0 bridgehead atoms. The summed E-state index contributed by atoms with van der Waals surface area (Å²) < 4.78 is 13.8. The second kappa shape index (κ2) is 9.54. The summed E-state index contributed by atoms with van der Waals surface area (Å²) in [7, 11) is 1.60. The van der Waals surface area contributed by atoms with Gasteiger partial charge in [-0.15, -0.1) is 11.3 Å². The Bertz CT molecular complexity index is 1470. The van der Waals surface area contributed by atoms with Crippen LogP contribution in [-0.4, -0.2) is 33.8 Å². The number of aromatic nitrogens is 2. The zero-order valence-electron chi connectivity index (χ0n) is 19.5. The lowest BCUT2D eigenvalue weighted by Crippen LogP contribution is -2.32. The summed E-state index contributed by atoms with van der Waals surface area (Å²) in [5, 5.41) is 1.12. The maximum Gasteiger partial charge on any atom is 0.267 e. The first-order chi connectivity index (χ1) is 16.8. The number of hydrogen-bond acceptors (Lipinski definition) is 7. The van der Waals surface area contributed by atoms with Crippen molar-refractivity contribution < 1.29 is 14.3 Å². The van der Waals surface area contributed by atoms with Crippen molar-refractivity contribution in [2.75, 3.05) is 12.9 Å². The highest BCUT2D eigenvalue weighted by Crippen LogP contribution is 2.38. The van der Waals surface area contributed by atoms with E-state index in [9.17, 15) is 9.59 Å². The molecule has 0 fully saturated rings. The van der Waals surface area contributed by atoms with E-state index in [4.69, 9.17) is 14.5 Å². The third-order valence-electron chi connectivity index (χ3n) is 5.90. The van der Waals surface area contributed by atoms with Gasteiger partial charge in [0.05, 0.1) is 36.1 Å². The van der Waals surface area contributed by atoms with Crippen LogP contribution >= 0.6 is 39.0 Å². The number of rotatable bonds is 6. The monoisotopic (exact) mass is 570 g/mol. The third kappa shape index (κ3) is 4.82. The molecule has 0 aliphatic carbocycles. The Morgan fingerprint density at radius 3 is 2.60 bits per heavy atom. The maximum atomic E-state index is 14.0. The predicted octanol–water partition coefficient (Wildman–Crippen LogP) is 6.04. The van der Waals surface area contributed by atoms with Crippen LogP contribution in [0.3, 0.4) is 0 Å². The third-order valence-corrected chi connectivity index (χ3v) is 8.47. The summed E-state index contributed by atoms with van der Waals surface area (Å²) in [5.74, 6) is 0.831. The molecular formula is C26H23BrN2O4S2. The first kappa shape index (κ1) is 24.2. The van der Waals surface area contributed by atoms with Crippen LogP contribution in [0.2, 0.25) is 0 Å². The molecule has 0 saturated heterocycles. The van der Waals surface area contributed by atoms with Crippen LogP contribution in [0.25, 0.3) is 15.9 Å². The fourth-order valence-corrected chi connectivity index (χ4v) is 6.39. The first-order valence-electron chi connectivity index (χ1n) is 11.0. The average molecular weight is 572 g/mol. The van der Waals surface area contributed by atoms with Gasteiger partial charge in [0.1, 0.15) is 10.6 Å². The minimum Gasteiger partial charge on any atom is -0.497 e. The molecular weight excluding hydrogens is 548 g/mol. The van der Waals surface area contributed by atoms with E-state index in [0.29, 0.717) is 45.4 Å². The van der Waals surface area contributed by atoms with E-state index in [1.807, 2.05) is 50.2 Å². The van der Waals surface area contributed by atoms with Crippen molar-refractivity contribution in [1.82, 2.24) is 9.55 Å². The van der Waals surface area contributed by atoms with Gasteiger partial charge >= 0.3 is 0 Å². The Hall–Kier alpha value is -2.46. The molecule has 35 heavy (non-hydrogen) atoms.